The highest BCUT2D eigenvalue weighted by Gasteiger charge is 2.31. The van der Waals surface area contributed by atoms with Gasteiger partial charge in [0.2, 0.25) is 5.88 Å². The molecule has 2 aromatic heterocycles. The molecule has 1 saturated carbocycles. The number of ether oxygens (including phenoxy) is 1. The van der Waals surface area contributed by atoms with Crippen LogP contribution in [0.1, 0.15) is 80.3 Å². The van der Waals surface area contributed by atoms with Crippen LogP contribution in [0.15, 0.2) is 54.9 Å². The average Bonchev–Trinajstić information content (AvgIpc) is 3.81. The number of anilines is 2. The lowest BCUT2D eigenvalue weighted by molar-refractivity contribution is 0.0983. The summed E-state index contributed by atoms with van der Waals surface area (Å²) in [6, 6.07) is 13.2. The monoisotopic (exact) mass is 556 g/mol. The van der Waals surface area contributed by atoms with Crippen LogP contribution in [0, 0.1) is 24.7 Å². The number of aromatic nitrogens is 2. The molecule has 0 radical (unpaired) electrons. The molecular weight excluding hydrogens is 512 g/mol. The first-order chi connectivity index (χ1) is 19.8. The van der Waals surface area contributed by atoms with Crippen LogP contribution in [0.3, 0.4) is 0 Å². The molecule has 1 amide bonds. The number of benzene rings is 1. The number of rotatable bonds is 11. The van der Waals surface area contributed by atoms with Gasteiger partial charge in [-0.3, -0.25) is 9.69 Å². The maximum absolute atomic E-state index is 14.0. The van der Waals surface area contributed by atoms with Crippen LogP contribution in [-0.2, 0) is 0 Å². The van der Waals surface area contributed by atoms with E-state index in [9.17, 15) is 9.90 Å². The number of carbonyl (C=O) groups is 1. The Kier molecular flexibility index (Phi) is 9.11. The zero-order valence-electron chi connectivity index (χ0n) is 24.9. The molecule has 1 aliphatic carbocycles. The number of piperidine rings is 1. The van der Waals surface area contributed by atoms with Gasteiger partial charge in [0.1, 0.15) is 11.6 Å². The van der Waals surface area contributed by atoms with Gasteiger partial charge in [-0.05, 0) is 104 Å². The summed E-state index contributed by atoms with van der Waals surface area (Å²) < 4.78 is 6.19. The second kappa shape index (κ2) is 12.9. The molecule has 1 unspecified atom stereocenters. The lowest BCUT2D eigenvalue weighted by Crippen LogP contribution is -2.39. The quantitative estimate of drug-likeness (QED) is 0.274. The third kappa shape index (κ3) is 7.19. The van der Waals surface area contributed by atoms with Gasteiger partial charge in [0, 0.05) is 44.2 Å². The van der Waals surface area contributed by atoms with Crippen molar-refractivity contribution in [3.63, 3.8) is 0 Å². The number of phenolic OH excluding ortho intramolecular Hbond substituents is 1. The Balaban J connectivity index is 1.25. The minimum absolute atomic E-state index is 0.0974. The van der Waals surface area contributed by atoms with Gasteiger partial charge in [0.05, 0.1) is 17.9 Å². The van der Waals surface area contributed by atoms with Gasteiger partial charge < -0.3 is 14.7 Å². The Morgan fingerprint density at radius 3 is 2.49 bits per heavy atom. The van der Waals surface area contributed by atoms with E-state index in [0.717, 1.165) is 55.4 Å². The summed E-state index contributed by atoms with van der Waals surface area (Å²) >= 11 is 0. The molecule has 1 N–H and O–H groups in total. The molecule has 0 spiro atoms. The summed E-state index contributed by atoms with van der Waals surface area (Å²) in [7, 11) is 0. The smallest absolute Gasteiger partial charge is 0.261 e. The van der Waals surface area contributed by atoms with E-state index in [-0.39, 0.29) is 17.6 Å². The van der Waals surface area contributed by atoms with Gasteiger partial charge in [-0.15, -0.1) is 0 Å². The van der Waals surface area contributed by atoms with Crippen molar-refractivity contribution in [1.29, 1.82) is 0 Å². The molecule has 5 rings (SSSR count). The molecule has 3 aromatic rings. The Morgan fingerprint density at radius 1 is 1.05 bits per heavy atom. The molecule has 1 atom stereocenters. The van der Waals surface area contributed by atoms with Crippen molar-refractivity contribution >= 4 is 17.4 Å². The van der Waals surface area contributed by atoms with Crippen molar-refractivity contribution in [2.24, 2.45) is 17.8 Å². The van der Waals surface area contributed by atoms with Crippen LogP contribution in [0.4, 0.5) is 11.5 Å². The number of nitrogens with zero attached hydrogens (tertiary/aromatic N) is 4. The van der Waals surface area contributed by atoms with Crippen LogP contribution < -0.4 is 14.5 Å². The summed E-state index contributed by atoms with van der Waals surface area (Å²) in [6.45, 7) is 11.2. The van der Waals surface area contributed by atoms with E-state index in [0.29, 0.717) is 36.4 Å². The summed E-state index contributed by atoms with van der Waals surface area (Å²) in [4.78, 5) is 27.0. The molecular formula is C34H44N4O3. The van der Waals surface area contributed by atoms with E-state index >= 15 is 0 Å². The maximum atomic E-state index is 14.0. The van der Waals surface area contributed by atoms with Crippen molar-refractivity contribution in [3.05, 3.63) is 71.5 Å². The van der Waals surface area contributed by atoms with Crippen molar-refractivity contribution in [3.8, 4) is 11.6 Å². The SMILES string of the molecule is CCC(c1ccnc(OCC2CCN(c3cc(O)ccc3C(=O)N(CC(C)C)c3cc(C)ccn3)CC2)c1)C1CC1. The second-order valence-corrected chi connectivity index (χ2v) is 12.2. The summed E-state index contributed by atoms with van der Waals surface area (Å²) in [5, 5.41) is 10.4. The number of hydrogen-bond donors (Lipinski definition) is 1. The second-order valence-electron chi connectivity index (χ2n) is 12.2. The Hall–Kier alpha value is -3.61. The molecule has 1 saturated heterocycles. The molecule has 2 fully saturated rings. The minimum atomic E-state index is -0.0974. The Bertz CT molecular complexity index is 1330. The van der Waals surface area contributed by atoms with E-state index in [2.05, 4.69) is 47.8 Å². The van der Waals surface area contributed by atoms with Gasteiger partial charge in [-0.25, -0.2) is 9.97 Å². The molecule has 1 aromatic carbocycles. The number of carbonyl (C=O) groups excluding carboxylic acids is 1. The van der Waals surface area contributed by atoms with E-state index in [1.165, 1.54) is 18.4 Å². The lowest BCUT2D eigenvalue weighted by Gasteiger charge is -2.35. The topological polar surface area (TPSA) is 78.8 Å². The van der Waals surface area contributed by atoms with Crippen molar-refractivity contribution < 1.29 is 14.6 Å². The van der Waals surface area contributed by atoms with E-state index in [1.54, 1.807) is 29.3 Å². The van der Waals surface area contributed by atoms with E-state index in [4.69, 9.17) is 4.74 Å². The highest BCUT2D eigenvalue weighted by atomic mass is 16.5. The van der Waals surface area contributed by atoms with Gasteiger partial charge in [0.15, 0.2) is 0 Å². The van der Waals surface area contributed by atoms with Crippen molar-refractivity contribution in [2.75, 3.05) is 36.0 Å². The predicted octanol–water partition coefficient (Wildman–Crippen LogP) is 6.99. The summed E-state index contributed by atoms with van der Waals surface area (Å²) in [5.41, 5.74) is 3.77. The Morgan fingerprint density at radius 2 is 1.80 bits per heavy atom. The highest BCUT2D eigenvalue weighted by Crippen LogP contribution is 2.44. The molecule has 218 valence electrons. The number of pyridine rings is 2. The Labute approximate surface area is 244 Å². The fraction of sp³-hybridized carbons (Fsp3) is 0.500. The standard InChI is InChI=1S/C34H44N4O3/c1-5-29(26-6-7-26)27-11-15-36-33(19-27)41-22-25-12-16-37(17-13-25)31-20-28(39)8-9-30(31)34(40)38(21-23(2)3)32-18-24(4)10-14-35-32/h8-11,14-15,18-20,23,25-26,29,39H,5-7,12-13,16-17,21-22H2,1-4H3. The van der Waals surface area contributed by atoms with Crippen LogP contribution >= 0.6 is 0 Å². The predicted molar refractivity (Wildman–Crippen MR) is 164 cm³/mol. The van der Waals surface area contributed by atoms with Crippen LogP contribution in [0.5, 0.6) is 11.6 Å². The molecule has 2 aliphatic rings. The zero-order chi connectivity index (χ0) is 28.9. The zero-order valence-corrected chi connectivity index (χ0v) is 24.9. The number of aromatic hydroxyl groups is 1. The fourth-order valence-corrected chi connectivity index (χ4v) is 6.04. The average molecular weight is 557 g/mol. The minimum Gasteiger partial charge on any atom is -0.508 e. The number of hydrogen-bond acceptors (Lipinski definition) is 6. The molecule has 7 heteroatoms. The van der Waals surface area contributed by atoms with Crippen LogP contribution in [0.25, 0.3) is 0 Å². The first-order valence-electron chi connectivity index (χ1n) is 15.2. The third-order valence-electron chi connectivity index (χ3n) is 8.42. The molecule has 3 heterocycles. The fourth-order valence-electron chi connectivity index (χ4n) is 6.04. The van der Waals surface area contributed by atoms with Crippen molar-refractivity contribution in [1.82, 2.24) is 9.97 Å². The van der Waals surface area contributed by atoms with E-state index < -0.39 is 0 Å². The van der Waals surface area contributed by atoms with Gasteiger partial charge in [-0.2, -0.15) is 0 Å². The van der Waals surface area contributed by atoms with E-state index in [1.807, 2.05) is 25.3 Å². The van der Waals surface area contributed by atoms with Gasteiger partial charge >= 0.3 is 0 Å². The largest absolute Gasteiger partial charge is 0.508 e. The number of aryl methyl sites for hydroxylation is 1. The number of phenols is 1. The lowest BCUT2D eigenvalue weighted by atomic mass is 9.92. The highest BCUT2D eigenvalue weighted by molar-refractivity contribution is 6.09. The van der Waals surface area contributed by atoms with Crippen LogP contribution in [-0.4, -0.2) is 47.2 Å². The molecule has 41 heavy (non-hydrogen) atoms. The van der Waals surface area contributed by atoms with Crippen LogP contribution in [0.2, 0.25) is 0 Å². The van der Waals surface area contributed by atoms with Gasteiger partial charge in [-0.1, -0.05) is 20.8 Å². The number of amides is 1. The third-order valence-corrected chi connectivity index (χ3v) is 8.42. The normalized spacial score (nSPS) is 16.6. The molecule has 0 bridgehead atoms. The molecule has 1 aliphatic heterocycles. The maximum Gasteiger partial charge on any atom is 0.261 e. The summed E-state index contributed by atoms with van der Waals surface area (Å²) in [6.07, 6.45) is 9.34. The molecule has 7 nitrogen and oxygen atoms in total. The first-order valence-corrected chi connectivity index (χ1v) is 15.2. The van der Waals surface area contributed by atoms with Crippen molar-refractivity contribution in [2.45, 2.75) is 65.7 Å². The first kappa shape index (κ1) is 28.9. The summed E-state index contributed by atoms with van der Waals surface area (Å²) in [5.74, 6) is 3.55. The van der Waals surface area contributed by atoms with Gasteiger partial charge in [0.25, 0.3) is 5.91 Å².